The minimum absolute atomic E-state index is 0.0941. The van der Waals surface area contributed by atoms with Gasteiger partial charge in [0.05, 0.1) is 5.92 Å². The van der Waals surface area contributed by atoms with E-state index in [9.17, 15) is 14.4 Å². The van der Waals surface area contributed by atoms with Crippen LogP contribution in [0.2, 0.25) is 0 Å². The Morgan fingerprint density at radius 2 is 1.65 bits per heavy atom. The van der Waals surface area contributed by atoms with Crippen LogP contribution in [-0.4, -0.2) is 22.8 Å². The molecule has 0 bridgehead atoms. The molecule has 0 aromatic heterocycles. The van der Waals surface area contributed by atoms with Gasteiger partial charge in [0.1, 0.15) is 0 Å². The smallest absolute Gasteiger partial charge is 0.330 e. The number of carbonyl (C=O) groups is 3. The third-order valence-electron chi connectivity index (χ3n) is 4.49. The fraction of sp³-hybridized carbons (Fsp3) is 0.500. The molecule has 0 spiro atoms. The summed E-state index contributed by atoms with van der Waals surface area (Å²) in [6.07, 6.45) is 0.937. The first-order chi connectivity index (χ1) is 10.8. The summed E-state index contributed by atoms with van der Waals surface area (Å²) in [7, 11) is 0. The molecule has 1 aliphatic carbocycles. The molecule has 23 heavy (non-hydrogen) atoms. The Morgan fingerprint density at radius 1 is 1.09 bits per heavy atom. The summed E-state index contributed by atoms with van der Waals surface area (Å²) in [5.74, 6) is -1.51. The number of hydrogen-bond acceptors (Lipinski definition) is 4. The molecule has 5 nitrogen and oxygen atoms in total. The second kappa shape index (κ2) is 5.48. The van der Waals surface area contributed by atoms with Crippen molar-refractivity contribution in [2.45, 2.75) is 51.4 Å². The predicted octanol–water partition coefficient (Wildman–Crippen LogP) is 2.69. The molecule has 1 aromatic carbocycles. The minimum Gasteiger partial charge on any atom is -0.330 e. The Morgan fingerprint density at radius 3 is 2.17 bits per heavy atom. The van der Waals surface area contributed by atoms with Gasteiger partial charge in [-0.1, -0.05) is 45.0 Å². The van der Waals surface area contributed by atoms with Gasteiger partial charge >= 0.3 is 5.97 Å². The lowest BCUT2D eigenvalue weighted by molar-refractivity contribution is -0.198. The SMILES string of the molecule is CC(C)(C)c1ccc(C2CC2C(=O)ON2C(=O)CCC2=O)cc1. The van der Waals surface area contributed by atoms with Crippen LogP contribution < -0.4 is 0 Å². The summed E-state index contributed by atoms with van der Waals surface area (Å²) in [6, 6.07) is 8.27. The van der Waals surface area contributed by atoms with Gasteiger partial charge in [0, 0.05) is 12.8 Å². The zero-order chi connectivity index (χ0) is 16.8. The van der Waals surface area contributed by atoms with E-state index in [1.54, 1.807) is 0 Å². The number of nitrogens with zero attached hydrogens (tertiary/aromatic N) is 1. The minimum atomic E-state index is -0.488. The molecule has 2 unspecified atom stereocenters. The average Bonchev–Trinajstić information content (AvgIpc) is 3.24. The third kappa shape index (κ3) is 3.14. The van der Waals surface area contributed by atoms with Crippen LogP contribution >= 0.6 is 0 Å². The van der Waals surface area contributed by atoms with E-state index in [1.165, 1.54) is 5.56 Å². The van der Waals surface area contributed by atoms with Crippen molar-refractivity contribution in [1.29, 1.82) is 0 Å². The fourth-order valence-electron chi connectivity index (χ4n) is 2.87. The van der Waals surface area contributed by atoms with Crippen molar-refractivity contribution in [2.75, 3.05) is 0 Å². The molecule has 1 aliphatic heterocycles. The zero-order valence-electron chi connectivity index (χ0n) is 13.7. The third-order valence-corrected chi connectivity index (χ3v) is 4.49. The number of rotatable bonds is 3. The van der Waals surface area contributed by atoms with Gasteiger partial charge in [-0.25, -0.2) is 4.79 Å². The van der Waals surface area contributed by atoms with E-state index in [4.69, 9.17) is 4.84 Å². The molecule has 1 saturated carbocycles. The van der Waals surface area contributed by atoms with Gasteiger partial charge in [-0.3, -0.25) is 9.59 Å². The van der Waals surface area contributed by atoms with Gasteiger partial charge in [0.25, 0.3) is 11.8 Å². The second-order valence-corrected chi connectivity index (χ2v) is 7.31. The van der Waals surface area contributed by atoms with Crippen LogP contribution in [0.15, 0.2) is 24.3 Å². The number of imide groups is 1. The van der Waals surface area contributed by atoms with Crippen LogP contribution in [0.5, 0.6) is 0 Å². The van der Waals surface area contributed by atoms with Crippen molar-refractivity contribution < 1.29 is 19.2 Å². The number of benzene rings is 1. The molecule has 3 rings (SSSR count). The van der Waals surface area contributed by atoms with Crippen LogP contribution in [0, 0.1) is 5.92 Å². The van der Waals surface area contributed by atoms with E-state index in [0.717, 1.165) is 5.56 Å². The van der Waals surface area contributed by atoms with E-state index in [-0.39, 0.29) is 30.1 Å². The van der Waals surface area contributed by atoms with E-state index >= 15 is 0 Å². The lowest BCUT2D eigenvalue weighted by Crippen LogP contribution is -2.32. The van der Waals surface area contributed by atoms with Crippen molar-refractivity contribution >= 4 is 17.8 Å². The highest BCUT2D eigenvalue weighted by molar-refractivity contribution is 6.01. The number of amides is 2. The first-order valence-electron chi connectivity index (χ1n) is 7.95. The quantitative estimate of drug-likeness (QED) is 0.805. The lowest BCUT2D eigenvalue weighted by Gasteiger charge is -2.19. The summed E-state index contributed by atoms with van der Waals surface area (Å²) in [6.45, 7) is 6.47. The Hall–Kier alpha value is -2.17. The molecule has 0 radical (unpaired) electrons. The maximum absolute atomic E-state index is 12.1. The van der Waals surface area contributed by atoms with Gasteiger partial charge in [0.15, 0.2) is 0 Å². The summed E-state index contributed by atoms with van der Waals surface area (Å²) < 4.78 is 0. The first-order valence-corrected chi connectivity index (χ1v) is 7.95. The highest BCUT2D eigenvalue weighted by Crippen LogP contribution is 2.48. The Labute approximate surface area is 135 Å². The van der Waals surface area contributed by atoms with Crippen molar-refractivity contribution in [3.8, 4) is 0 Å². The molecule has 0 N–H and O–H groups in total. The maximum atomic E-state index is 12.1. The Bertz CT molecular complexity index is 641. The van der Waals surface area contributed by atoms with Crippen molar-refractivity contribution in [3.63, 3.8) is 0 Å². The largest absolute Gasteiger partial charge is 0.336 e. The molecule has 2 fully saturated rings. The Balaban J connectivity index is 1.62. The normalized spacial score (nSPS) is 24.0. The molecule has 2 amide bonds. The van der Waals surface area contributed by atoms with Crippen LogP contribution in [0.1, 0.15) is 57.1 Å². The summed E-state index contributed by atoms with van der Waals surface area (Å²) >= 11 is 0. The van der Waals surface area contributed by atoms with Gasteiger partial charge in [-0.2, -0.15) is 0 Å². The van der Waals surface area contributed by atoms with Crippen LogP contribution in [0.25, 0.3) is 0 Å². The van der Waals surface area contributed by atoms with Gasteiger partial charge < -0.3 is 4.84 Å². The molecule has 1 saturated heterocycles. The van der Waals surface area contributed by atoms with Crippen LogP contribution in [0.4, 0.5) is 0 Å². The molecule has 1 heterocycles. The average molecular weight is 315 g/mol. The molecule has 2 aliphatic rings. The topological polar surface area (TPSA) is 63.7 Å². The summed E-state index contributed by atoms with van der Waals surface area (Å²) in [5.41, 5.74) is 2.44. The van der Waals surface area contributed by atoms with Crippen molar-refractivity contribution in [2.24, 2.45) is 5.92 Å². The van der Waals surface area contributed by atoms with E-state index in [1.807, 2.05) is 12.1 Å². The number of hydrogen-bond donors (Lipinski definition) is 0. The highest BCUT2D eigenvalue weighted by atomic mass is 16.7. The van der Waals surface area contributed by atoms with E-state index in [0.29, 0.717) is 11.5 Å². The molecule has 2 atom stereocenters. The van der Waals surface area contributed by atoms with Crippen LogP contribution in [0.3, 0.4) is 0 Å². The fourth-order valence-corrected chi connectivity index (χ4v) is 2.87. The van der Waals surface area contributed by atoms with E-state index < -0.39 is 17.8 Å². The van der Waals surface area contributed by atoms with E-state index in [2.05, 4.69) is 32.9 Å². The molecule has 5 heteroatoms. The molecule has 122 valence electrons. The zero-order valence-corrected chi connectivity index (χ0v) is 13.7. The van der Waals surface area contributed by atoms with Gasteiger partial charge in [-0.05, 0) is 28.9 Å². The van der Waals surface area contributed by atoms with Gasteiger partial charge in [-0.15, -0.1) is 5.06 Å². The first kappa shape index (κ1) is 15.7. The highest BCUT2D eigenvalue weighted by Gasteiger charge is 2.47. The maximum Gasteiger partial charge on any atom is 0.336 e. The molecule has 1 aromatic rings. The predicted molar refractivity (Wildman–Crippen MR) is 83.2 cm³/mol. The molecular weight excluding hydrogens is 294 g/mol. The molecular formula is C18H21NO4. The standard InChI is InChI=1S/C18H21NO4/c1-18(2,3)12-6-4-11(5-7-12)13-10-14(13)17(22)23-19-15(20)8-9-16(19)21/h4-7,13-14H,8-10H2,1-3H3. The number of hydroxylamine groups is 2. The monoisotopic (exact) mass is 315 g/mol. The number of carbonyl (C=O) groups excluding carboxylic acids is 3. The Kier molecular flexibility index (Phi) is 3.74. The van der Waals surface area contributed by atoms with Gasteiger partial charge in [0.2, 0.25) is 0 Å². The van der Waals surface area contributed by atoms with Crippen LogP contribution in [-0.2, 0) is 24.6 Å². The summed E-state index contributed by atoms with van der Waals surface area (Å²) in [4.78, 5) is 40.0. The van der Waals surface area contributed by atoms with Crippen molar-refractivity contribution in [1.82, 2.24) is 5.06 Å². The summed E-state index contributed by atoms with van der Waals surface area (Å²) in [5, 5.41) is 0.625. The lowest BCUT2D eigenvalue weighted by atomic mass is 9.86. The second-order valence-electron chi connectivity index (χ2n) is 7.31. The van der Waals surface area contributed by atoms with Crippen molar-refractivity contribution in [3.05, 3.63) is 35.4 Å².